The lowest BCUT2D eigenvalue weighted by molar-refractivity contribution is -0.00809. The van der Waals surface area contributed by atoms with E-state index in [2.05, 4.69) is 5.32 Å². The number of rotatable bonds is 3. The van der Waals surface area contributed by atoms with Crippen LogP contribution in [0, 0.1) is 17.5 Å². The van der Waals surface area contributed by atoms with Crippen molar-refractivity contribution in [1.82, 2.24) is 5.32 Å². The van der Waals surface area contributed by atoms with Gasteiger partial charge in [-0.2, -0.15) is 0 Å². The minimum atomic E-state index is -0.909. The number of hydrogen-bond donors (Lipinski definition) is 1. The molecule has 1 aromatic rings. The van der Waals surface area contributed by atoms with Gasteiger partial charge in [-0.3, -0.25) is 0 Å². The molecule has 0 bridgehead atoms. The van der Waals surface area contributed by atoms with Gasteiger partial charge in [0.2, 0.25) is 0 Å². The summed E-state index contributed by atoms with van der Waals surface area (Å²) >= 11 is 0. The molecule has 18 heavy (non-hydrogen) atoms. The Morgan fingerprint density at radius 1 is 1.22 bits per heavy atom. The van der Waals surface area contributed by atoms with Gasteiger partial charge in [-0.15, -0.1) is 0 Å². The van der Waals surface area contributed by atoms with E-state index in [1.165, 1.54) is 0 Å². The normalized spacial score (nSPS) is 21.9. The van der Waals surface area contributed by atoms with Crippen LogP contribution in [0.25, 0.3) is 0 Å². The largest absolute Gasteiger partial charge is 0.376 e. The standard InChI is InChI=1S/C13H16F3NO/c1-17-13(11-4-2-3-5-18-11)12-9(15)6-8(14)7-10(12)16/h6-7,11,13,17H,2-5H2,1H3. The Hall–Kier alpha value is -1.07. The van der Waals surface area contributed by atoms with Gasteiger partial charge in [-0.25, -0.2) is 13.2 Å². The highest BCUT2D eigenvalue weighted by Crippen LogP contribution is 2.30. The molecule has 0 aliphatic carbocycles. The van der Waals surface area contributed by atoms with E-state index in [1.54, 1.807) is 7.05 Å². The fraction of sp³-hybridized carbons (Fsp3) is 0.538. The molecule has 1 fully saturated rings. The molecule has 2 nitrogen and oxygen atoms in total. The summed E-state index contributed by atoms with van der Waals surface area (Å²) in [5.41, 5.74) is -0.147. The van der Waals surface area contributed by atoms with Crippen molar-refractivity contribution in [2.75, 3.05) is 13.7 Å². The van der Waals surface area contributed by atoms with Gasteiger partial charge in [0.15, 0.2) is 0 Å². The van der Waals surface area contributed by atoms with Crippen LogP contribution < -0.4 is 5.32 Å². The second kappa shape index (κ2) is 5.71. The summed E-state index contributed by atoms with van der Waals surface area (Å²) in [6.07, 6.45) is 2.38. The van der Waals surface area contributed by atoms with Crippen molar-refractivity contribution in [3.05, 3.63) is 35.1 Å². The van der Waals surface area contributed by atoms with Gasteiger partial charge < -0.3 is 10.1 Å². The minimum Gasteiger partial charge on any atom is -0.376 e. The van der Waals surface area contributed by atoms with Crippen molar-refractivity contribution in [2.24, 2.45) is 0 Å². The quantitative estimate of drug-likeness (QED) is 0.901. The first kappa shape index (κ1) is 13.4. The van der Waals surface area contributed by atoms with Crippen LogP contribution in [0.5, 0.6) is 0 Å². The predicted molar refractivity (Wildman–Crippen MR) is 61.7 cm³/mol. The smallest absolute Gasteiger partial charge is 0.133 e. The molecule has 0 saturated carbocycles. The lowest BCUT2D eigenvalue weighted by atomic mass is 9.95. The Kier molecular flexibility index (Phi) is 4.24. The lowest BCUT2D eigenvalue weighted by Crippen LogP contribution is -2.35. The van der Waals surface area contributed by atoms with Gasteiger partial charge in [0.1, 0.15) is 17.5 Å². The van der Waals surface area contributed by atoms with Crippen molar-refractivity contribution in [3.8, 4) is 0 Å². The molecule has 1 aromatic carbocycles. The Balaban J connectivity index is 2.32. The predicted octanol–water partition coefficient (Wildman–Crippen LogP) is 2.93. The Morgan fingerprint density at radius 2 is 1.89 bits per heavy atom. The molecule has 0 radical (unpaired) electrons. The number of benzene rings is 1. The molecule has 0 amide bonds. The number of nitrogens with one attached hydrogen (secondary N) is 1. The third-order valence-electron chi connectivity index (χ3n) is 3.25. The summed E-state index contributed by atoms with van der Waals surface area (Å²) in [6, 6.07) is 0.808. The van der Waals surface area contributed by atoms with Crippen LogP contribution in [0.15, 0.2) is 12.1 Å². The van der Waals surface area contributed by atoms with E-state index in [4.69, 9.17) is 4.74 Å². The molecule has 2 rings (SSSR count). The number of hydrogen-bond acceptors (Lipinski definition) is 2. The third kappa shape index (κ3) is 2.67. The molecular formula is C13H16F3NO. The molecule has 1 aliphatic rings. The maximum Gasteiger partial charge on any atom is 0.133 e. The number of halogens is 3. The van der Waals surface area contributed by atoms with Crippen LogP contribution in [-0.4, -0.2) is 19.8 Å². The van der Waals surface area contributed by atoms with Crippen LogP contribution in [0.3, 0.4) is 0 Å². The molecular weight excluding hydrogens is 243 g/mol. The third-order valence-corrected chi connectivity index (χ3v) is 3.25. The zero-order valence-electron chi connectivity index (χ0n) is 10.2. The molecule has 2 atom stereocenters. The number of likely N-dealkylation sites (N-methyl/N-ethyl adjacent to an activating group) is 1. The van der Waals surface area contributed by atoms with E-state index in [1.807, 2.05) is 0 Å². The summed E-state index contributed by atoms with van der Waals surface area (Å²) in [4.78, 5) is 0. The van der Waals surface area contributed by atoms with E-state index < -0.39 is 23.5 Å². The van der Waals surface area contributed by atoms with Crippen molar-refractivity contribution < 1.29 is 17.9 Å². The van der Waals surface area contributed by atoms with Crippen LogP contribution in [-0.2, 0) is 4.74 Å². The lowest BCUT2D eigenvalue weighted by Gasteiger charge is -2.31. The highest BCUT2D eigenvalue weighted by Gasteiger charge is 2.29. The molecule has 1 N–H and O–H groups in total. The van der Waals surface area contributed by atoms with E-state index in [9.17, 15) is 13.2 Å². The van der Waals surface area contributed by atoms with Gasteiger partial charge in [0.05, 0.1) is 12.1 Å². The highest BCUT2D eigenvalue weighted by atomic mass is 19.1. The van der Waals surface area contributed by atoms with Crippen molar-refractivity contribution in [2.45, 2.75) is 31.4 Å². The van der Waals surface area contributed by atoms with Gasteiger partial charge in [-0.1, -0.05) is 0 Å². The Morgan fingerprint density at radius 3 is 2.39 bits per heavy atom. The zero-order valence-corrected chi connectivity index (χ0v) is 10.2. The minimum absolute atomic E-state index is 0.147. The highest BCUT2D eigenvalue weighted by molar-refractivity contribution is 5.25. The van der Waals surface area contributed by atoms with E-state index in [0.29, 0.717) is 18.7 Å². The second-order valence-corrected chi connectivity index (χ2v) is 4.45. The summed E-state index contributed by atoms with van der Waals surface area (Å²) in [5.74, 6) is -2.66. The van der Waals surface area contributed by atoms with Crippen LogP contribution in [0.1, 0.15) is 30.9 Å². The second-order valence-electron chi connectivity index (χ2n) is 4.45. The first-order valence-electron chi connectivity index (χ1n) is 6.06. The molecule has 1 heterocycles. The Bertz CT molecular complexity index is 396. The van der Waals surface area contributed by atoms with Crippen molar-refractivity contribution in [3.63, 3.8) is 0 Å². The number of ether oxygens (including phenoxy) is 1. The van der Waals surface area contributed by atoms with Crippen LogP contribution >= 0.6 is 0 Å². The maximum absolute atomic E-state index is 13.7. The maximum atomic E-state index is 13.7. The zero-order chi connectivity index (χ0) is 13.1. The average molecular weight is 259 g/mol. The van der Waals surface area contributed by atoms with E-state index >= 15 is 0 Å². The van der Waals surface area contributed by atoms with E-state index in [-0.39, 0.29) is 11.7 Å². The summed E-state index contributed by atoms with van der Waals surface area (Å²) in [5, 5.41) is 2.86. The monoisotopic (exact) mass is 259 g/mol. The molecule has 1 saturated heterocycles. The summed E-state index contributed by atoms with van der Waals surface area (Å²) in [7, 11) is 1.62. The fourth-order valence-electron chi connectivity index (χ4n) is 2.40. The molecule has 2 unspecified atom stereocenters. The molecule has 0 aromatic heterocycles. The fourth-order valence-corrected chi connectivity index (χ4v) is 2.40. The van der Waals surface area contributed by atoms with Gasteiger partial charge >= 0.3 is 0 Å². The van der Waals surface area contributed by atoms with Gasteiger partial charge in [0, 0.05) is 24.3 Å². The van der Waals surface area contributed by atoms with Crippen molar-refractivity contribution in [1.29, 1.82) is 0 Å². The average Bonchev–Trinajstić information content (AvgIpc) is 2.34. The molecule has 0 spiro atoms. The van der Waals surface area contributed by atoms with Crippen LogP contribution in [0.2, 0.25) is 0 Å². The SMILES string of the molecule is CNC(c1c(F)cc(F)cc1F)C1CCCCO1. The molecule has 1 aliphatic heterocycles. The van der Waals surface area contributed by atoms with Crippen LogP contribution in [0.4, 0.5) is 13.2 Å². The topological polar surface area (TPSA) is 21.3 Å². The molecule has 100 valence electrons. The molecule has 5 heteroatoms. The van der Waals surface area contributed by atoms with Gasteiger partial charge in [0.25, 0.3) is 0 Å². The van der Waals surface area contributed by atoms with Gasteiger partial charge in [-0.05, 0) is 26.3 Å². The summed E-state index contributed by atoms with van der Waals surface area (Å²) < 4.78 is 45.9. The van der Waals surface area contributed by atoms with E-state index in [0.717, 1.165) is 19.3 Å². The summed E-state index contributed by atoms with van der Waals surface area (Å²) in [6.45, 7) is 0.591. The Labute approximate surface area is 104 Å². The first-order chi connectivity index (χ1) is 8.63. The van der Waals surface area contributed by atoms with Crippen molar-refractivity contribution >= 4 is 0 Å². The first-order valence-corrected chi connectivity index (χ1v) is 6.06.